The second kappa shape index (κ2) is 6.70. The van der Waals surface area contributed by atoms with Crippen LogP contribution >= 0.6 is 0 Å². The van der Waals surface area contributed by atoms with E-state index in [1.165, 1.54) is 11.8 Å². The quantitative estimate of drug-likeness (QED) is 0.884. The summed E-state index contributed by atoms with van der Waals surface area (Å²) in [6.07, 6.45) is -4.45. The summed E-state index contributed by atoms with van der Waals surface area (Å²) in [4.78, 5) is 25.5. The van der Waals surface area contributed by atoms with Gasteiger partial charge in [0.2, 0.25) is 5.91 Å². The molecule has 1 heterocycles. The fourth-order valence-electron chi connectivity index (χ4n) is 2.64. The van der Waals surface area contributed by atoms with Crippen LogP contribution in [0, 0.1) is 0 Å². The van der Waals surface area contributed by atoms with Crippen LogP contribution in [-0.4, -0.2) is 25.0 Å². The number of alkyl halides is 3. The second-order valence-electron chi connectivity index (χ2n) is 5.73. The molecule has 26 heavy (non-hydrogen) atoms. The van der Waals surface area contributed by atoms with E-state index in [1.807, 2.05) is 0 Å². The first-order valence-electron chi connectivity index (χ1n) is 7.79. The Balaban J connectivity index is 1.80. The molecule has 3 rings (SSSR count). The monoisotopic (exact) mass is 364 g/mol. The first-order chi connectivity index (χ1) is 12.3. The van der Waals surface area contributed by atoms with Crippen LogP contribution in [0.5, 0.6) is 5.75 Å². The minimum atomic E-state index is -4.45. The van der Waals surface area contributed by atoms with E-state index in [9.17, 15) is 22.8 Å². The highest BCUT2D eigenvalue weighted by Crippen LogP contribution is 2.34. The Labute approximate surface area is 147 Å². The fraction of sp³-hybridized carbons (Fsp3) is 0.222. The molecule has 5 nitrogen and oxygen atoms in total. The summed E-state index contributed by atoms with van der Waals surface area (Å²) in [6, 6.07) is 8.76. The van der Waals surface area contributed by atoms with Gasteiger partial charge in [-0.25, -0.2) is 0 Å². The van der Waals surface area contributed by atoms with Crippen molar-refractivity contribution >= 4 is 23.2 Å². The average molecular weight is 364 g/mol. The lowest BCUT2D eigenvalue weighted by Gasteiger charge is -2.29. The molecule has 0 radical (unpaired) electrons. The topological polar surface area (TPSA) is 58.6 Å². The molecule has 1 aliphatic rings. The number of carbonyl (C=O) groups excluding carboxylic acids is 2. The Bertz CT molecular complexity index is 848. The number of nitrogens with zero attached hydrogens (tertiary/aromatic N) is 1. The van der Waals surface area contributed by atoms with E-state index in [0.29, 0.717) is 30.3 Å². The second-order valence-corrected chi connectivity index (χ2v) is 5.73. The van der Waals surface area contributed by atoms with E-state index >= 15 is 0 Å². The van der Waals surface area contributed by atoms with Crippen molar-refractivity contribution in [2.24, 2.45) is 0 Å². The Morgan fingerprint density at radius 2 is 1.81 bits per heavy atom. The zero-order chi connectivity index (χ0) is 18.9. The van der Waals surface area contributed by atoms with E-state index in [-0.39, 0.29) is 11.5 Å². The van der Waals surface area contributed by atoms with Gasteiger partial charge in [0, 0.05) is 18.2 Å². The van der Waals surface area contributed by atoms with E-state index in [0.717, 1.165) is 24.3 Å². The maximum absolute atomic E-state index is 12.6. The van der Waals surface area contributed by atoms with Crippen LogP contribution < -0.4 is 15.0 Å². The number of rotatable bonds is 2. The van der Waals surface area contributed by atoms with Crippen molar-refractivity contribution in [1.29, 1.82) is 0 Å². The Morgan fingerprint density at radius 3 is 2.42 bits per heavy atom. The molecule has 0 aliphatic carbocycles. The van der Waals surface area contributed by atoms with Crippen LogP contribution in [0.3, 0.4) is 0 Å². The van der Waals surface area contributed by atoms with Gasteiger partial charge >= 0.3 is 6.18 Å². The van der Waals surface area contributed by atoms with Gasteiger partial charge in [-0.15, -0.1) is 0 Å². The maximum atomic E-state index is 12.6. The fourth-order valence-corrected chi connectivity index (χ4v) is 2.64. The number of halogens is 3. The molecule has 1 aliphatic heterocycles. The van der Waals surface area contributed by atoms with Gasteiger partial charge in [-0.2, -0.15) is 13.2 Å². The normalized spacial score (nSPS) is 13.6. The molecule has 0 bridgehead atoms. The van der Waals surface area contributed by atoms with Crippen LogP contribution in [0.1, 0.15) is 22.8 Å². The predicted molar refractivity (Wildman–Crippen MR) is 89.4 cm³/mol. The summed E-state index contributed by atoms with van der Waals surface area (Å²) >= 11 is 0. The van der Waals surface area contributed by atoms with Crippen LogP contribution in [0.2, 0.25) is 0 Å². The minimum Gasteiger partial charge on any atom is -0.490 e. The highest BCUT2D eigenvalue weighted by atomic mass is 19.4. The number of nitrogens with one attached hydrogen (secondary N) is 1. The third-order valence-corrected chi connectivity index (χ3v) is 3.93. The van der Waals surface area contributed by atoms with Gasteiger partial charge in [0.15, 0.2) is 0 Å². The number of carbonyl (C=O) groups is 2. The van der Waals surface area contributed by atoms with Crippen molar-refractivity contribution in [2.75, 3.05) is 23.4 Å². The van der Waals surface area contributed by atoms with Crippen LogP contribution in [-0.2, 0) is 11.0 Å². The summed E-state index contributed by atoms with van der Waals surface area (Å²) in [5.41, 5.74) is 0.215. The van der Waals surface area contributed by atoms with Crippen molar-refractivity contribution in [3.63, 3.8) is 0 Å². The van der Waals surface area contributed by atoms with E-state index in [2.05, 4.69) is 5.32 Å². The molecule has 0 saturated carbocycles. The van der Waals surface area contributed by atoms with E-state index < -0.39 is 17.6 Å². The highest BCUT2D eigenvalue weighted by Gasteiger charge is 2.30. The van der Waals surface area contributed by atoms with Crippen molar-refractivity contribution in [3.05, 3.63) is 53.6 Å². The molecule has 0 spiro atoms. The summed E-state index contributed by atoms with van der Waals surface area (Å²) in [5.74, 6) is -0.176. The molecule has 0 aromatic heterocycles. The highest BCUT2D eigenvalue weighted by molar-refractivity contribution is 6.05. The van der Waals surface area contributed by atoms with Crippen LogP contribution in [0.15, 0.2) is 42.5 Å². The van der Waals surface area contributed by atoms with Crippen molar-refractivity contribution in [1.82, 2.24) is 0 Å². The van der Waals surface area contributed by atoms with Gasteiger partial charge in [0.05, 0.1) is 17.8 Å². The molecule has 0 unspecified atom stereocenters. The first kappa shape index (κ1) is 17.8. The molecule has 1 N–H and O–H groups in total. The van der Waals surface area contributed by atoms with Crippen molar-refractivity contribution < 1.29 is 27.5 Å². The van der Waals surface area contributed by atoms with Gasteiger partial charge in [0.25, 0.3) is 5.91 Å². The summed E-state index contributed by atoms with van der Waals surface area (Å²) in [7, 11) is 0. The molecule has 2 aromatic rings. The molecule has 0 fully saturated rings. The van der Waals surface area contributed by atoms with Gasteiger partial charge in [-0.05, 0) is 42.5 Å². The molecular formula is C18H15F3N2O3. The standard InChI is InChI=1S/C18H15F3N2O3/c1-11(24)23-8-9-26-16-7-6-14(10-15(16)23)22-17(25)12-2-4-13(5-3-12)18(19,20)21/h2-7,10H,8-9H2,1H3,(H,22,25). The van der Waals surface area contributed by atoms with Gasteiger partial charge in [-0.1, -0.05) is 0 Å². The third kappa shape index (κ3) is 3.63. The molecule has 0 saturated heterocycles. The Hall–Kier alpha value is -3.03. The van der Waals surface area contributed by atoms with E-state index in [1.54, 1.807) is 18.2 Å². The van der Waals surface area contributed by atoms with Crippen molar-refractivity contribution in [3.8, 4) is 5.75 Å². The number of benzene rings is 2. The smallest absolute Gasteiger partial charge is 0.416 e. The summed E-state index contributed by atoms with van der Waals surface area (Å²) in [5, 5.41) is 2.61. The molecular weight excluding hydrogens is 349 g/mol. The zero-order valence-electron chi connectivity index (χ0n) is 13.8. The number of anilines is 2. The first-order valence-corrected chi connectivity index (χ1v) is 7.79. The number of fused-ring (bicyclic) bond motifs is 1. The lowest BCUT2D eigenvalue weighted by Crippen LogP contribution is -2.36. The molecule has 136 valence electrons. The van der Waals surface area contributed by atoms with Gasteiger partial charge in [-0.3, -0.25) is 9.59 Å². The number of hydrogen-bond donors (Lipinski definition) is 1. The zero-order valence-corrected chi connectivity index (χ0v) is 13.8. The van der Waals surface area contributed by atoms with Crippen molar-refractivity contribution in [2.45, 2.75) is 13.1 Å². The van der Waals surface area contributed by atoms with Gasteiger partial charge in [0.1, 0.15) is 12.4 Å². The molecule has 2 amide bonds. The summed E-state index contributed by atoms with van der Waals surface area (Å²) < 4.78 is 43.2. The molecule has 8 heteroatoms. The molecule has 0 atom stereocenters. The average Bonchev–Trinajstić information content (AvgIpc) is 2.60. The lowest BCUT2D eigenvalue weighted by molar-refractivity contribution is -0.137. The Kier molecular flexibility index (Phi) is 4.58. The molecule has 2 aromatic carbocycles. The van der Waals surface area contributed by atoms with Crippen LogP contribution in [0.4, 0.5) is 24.5 Å². The largest absolute Gasteiger partial charge is 0.490 e. The van der Waals surface area contributed by atoms with E-state index in [4.69, 9.17) is 4.74 Å². The number of ether oxygens (including phenoxy) is 1. The number of hydrogen-bond acceptors (Lipinski definition) is 3. The number of amides is 2. The SMILES string of the molecule is CC(=O)N1CCOc2ccc(NC(=O)c3ccc(C(F)(F)F)cc3)cc21. The summed E-state index contributed by atoms with van der Waals surface area (Å²) in [6.45, 7) is 2.21. The third-order valence-electron chi connectivity index (χ3n) is 3.93. The minimum absolute atomic E-state index is 0.0930. The Morgan fingerprint density at radius 1 is 1.12 bits per heavy atom. The lowest BCUT2D eigenvalue weighted by atomic mass is 10.1. The predicted octanol–water partition coefficient (Wildman–Crippen LogP) is 3.70. The van der Waals surface area contributed by atoms with Gasteiger partial charge < -0.3 is 15.0 Å². The maximum Gasteiger partial charge on any atom is 0.416 e. The van der Waals surface area contributed by atoms with Crippen LogP contribution in [0.25, 0.3) is 0 Å².